The van der Waals surface area contributed by atoms with Crippen LogP contribution in [0.15, 0.2) is 48.5 Å². The highest BCUT2D eigenvalue weighted by Gasteiger charge is 2.42. The number of thioether (sulfide) groups is 1. The Morgan fingerprint density at radius 1 is 0.967 bits per heavy atom. The molecule has 2 fully saturated rings. The molecule has 1 N–H and O–H groups in total. The molecule has 5 rings (SSSR count). The van der Waals surface area contributed by atoms with E-state index in [-0.39, 0.29) is 34.9 Å². The minimum absolute atomic E-state index is 0.123. The van der Waals surface area contributed by atoms with Crippen LogP contribution >= 0.6 is 11.8 Å². The molecule has 1 saturated heterocycles. The molecular weight excluding hydrogens is 400 g/mol. The second kappa shape index (κ2) is 7.80. The quantitative estimate of drug-likeness (QED) is 0.808. The van der Waals surface area contributed by atoms with Crippen molar-refractivity contribution in [2.24, 2.45) is 0 Å². The lowest BCUT2D eigenvalue weighted by Crippen LogP contribution is -2.55. The van der Waals surface area contributed by atoms with Gasteiger partial charge in [-0.05, 0) is 25.0 Å². The highest BCUT2D eigenvalue weighted by molar-refractivity contribution is 8.14. The number of nitrogens with one attached hydrogen (secondary N) is 1. The zero-order valence-corrected chi connectivity index (χ0v) is 17.2. The van der Waals surface area contributed by atoms with Gasteiger partial charge in [-0.3, -0.25) is 19.3 Å². The molecule has 2 aliphatic heterocycles. The van der Waals surface area contributed by atoms with Crippen LogP contribution in [0.2, 0.25) is 0 Å². The average Bonchev–Trinajstić information content (AvgIpc) is 3.10. The minimum atomic E-state index is -0.493. The summed E-state index contributed by atoms with van der Waals surface area (Å²) in [5, 5.41) is 2.99. The zero-order chi connectivity index (χ0) is 20.7. The van der Waals surface area contributed by atoms with Crippen LogP contribution in [-0.4, -0.2) is 39.8 Å². The van der Waals surface area contributed by atoms with Crippen molar-refractivity contribution in [1.29, 1.82) is 0 Å². The Morgan fingerprint density at radius 2 is 1.60 bits per heavy atom. The first-order valence-corrected chi connectivity index (χ1v) is 11.3. The Kier molecular flexibility index (Phi) is 4.98. The van der Waals surface area contributed by atoms with Crippen molar-refractivity contribution >= 4 is 28.8 Å². The molecule has 2 heterocycles. The maximum absolute atomic E-state index is 13.6. The number of para-hydroxylation sites is 2. The Bertz CT molecular complexity index is 962. The third-order valence-corrected chi connectivity index (χ3v) is 6.95. The summed E-state index contributed by atoms with van der Waals surface area (Å²) in [6.07, 6.45) is 3.39. The van der Waals surface area contributed by atoms with Crippen molar-refractivity contribution in [2.75, 3.05) is 5.75 Å². The summed E-state index contributed by atoms with van der Waals surface area (Å²) < 4.78 is 6.00. The number of imide groups is 1. The van der Waals surface area contributed by atoms with Gasteiger partial charge in [0.05, 0.1) is 17.7 Å². The van der Waals surface area contributed by atoms with Crippen LogP contribution in [0.4, 0.5) is 4.79 Å². The highest BCUT2D eigenvalue weighted by Crippen LogP contribution is 2.44. The predicted octanol–water partition coefficient (Wildman–Crippen LogP) is 4.05. The third kappa shape index (κ3) is 3.27. The van der Waals surface area contributed by atoms with Crippen LogP contribution in [-0.2, 0) is 9.59 Å². The van der Waals surface area contributed by atoms with E-state index in [2.05, 4.69) is 5.32 Å². The molecule has 7 heteroatoms. The summed E-state index contributed by atoms with van der Waals surface area (Å²) in [5.41, 5.74) is 1.65. The van der Waals surface area contributed by atoms with Crippen molar-refractivity contribution in [2.45, 2.75) is 43.7 Å². The van der Waals surface area contributed by atoms with E-state index < -0.39 is 5.92 Å². The van der Waals surface area contributed by atoms with E-state index in [1.54, 1.807) is 0 Å². The SMILES string of the molecule is O=C(N[C@H]1CCCC[C@H]1N1C(=O)CSC1=O)C1c2ccccc2Oc2ccccc21. The lowest BCUT2D eigenvalue weighted by atomic mass is 9.85. The highest BCUT2D eigenvalue weighted by atomic mass is 32.2. The average molecular weight is 423 g/mol. The number of benzene rings is 2. The van der Waals surface area contributed by atoms with Crippen LogP contribution in [0.25, 0.3) is 0 Å². The number of rotatable bonds is 3. The standard InChI is InChI=1S/C23H22N2O4S/c26-20-13-30-23(28)25(20)17-10-4-3-9-16(17)24-22(27)21-14-7-1-5-11-18(14)29-19-12-6-2-8-15(19)21/h1-2,5-8,11-12,16-17,21H,3-4,9-10,13H2,(H,24,27)/t16-,17+/m0/s1. The molecule has 2 aromatic carbocycles. The molecule has 3 amide bonds. The number of hydrogen-bond acceptors (Lipinski definition) is 5. The topological polar surface area (TPSA) is 75.7 Å². The van der Waals surface area contributed by atoms with Gasteiger partial charge in [0.2, 0.25) is 11.8 Å². The first kappa shape index (κ1) is 19.2. The van der Waals surface area contributed by atoms with Crippen LogP contribution in [0, 0.1) is 0 Å². The van der Waals surface area contributed by atoms with E-state index in [0.29, 0.717) is 11.5 Å². The van der Waals surface area contributed by atoms with Gasteiger partial charge in [-0.1, -0.05) is 61.0 Å². The number of fused-ring (bicyclic) bond motifs is 2. The largest absolute Gasteiger partial charge is 0.457 e. The lowest BCUT2D eigenvalue weighted by Gasteiger charge is -2.38. The molecule has 2 aromatic rings. The van der Waals surface area contributed by atoms with E-state index >= 15 is 0 Å². The Balaban J connectivity index is 1.45. The normalized spacial score (nSPS) is 23.5. The number of amides is 3. The number of nitrogens with zero attached hydrogens (tertiary/aromatic N) is 1. The molecule has 154 valence electrons. The van der Waals surface area contributed by atoms with Gasteiger partial charge in [0.25, 0.3) is 5.24 Å². The van der Waals surface area contributed by atoms with Gasteiger partial charge in [-0.25, -0.2) is 0 Å². The maximum Gasteiger partial charge on any atom is 0.289 e. The second-order valence-corrected chi connectivity index (χ2v) is 8.82. The summed E-state index contributed by atoms with van der Waals surface area (Å²) in [6.45, 7) is 0. The summed E-state index contributed by atoms with van der Waals surface area (Å²) in [7, 11) is 0. The van der Waals surface area contributed by atoms with Gasteiger partial charge in [-0.15, -0.1) is 0 Å². The molecule has 2 atom stereocenters. The molecule has 0 radical (unpaired) electrons. The van der Waals surface area contributed by atoms with Crippen LogP contribution in [0.5, 0.6) is 11.5 Å². The Hall–Kier alpha value is -2.80. The van der Waals surface area contributed by atoms with Gasteiger partial charge in [0.15, 0.2) is 0 Å². The molecule has 30 heavy (non-hydrogen) atoms. The van der Waals surface area contributed by atoms with Gasteiger partial charge in [-0.2, -0.15) is 0 Å². The van der Waals surface area contributed by atoms with E-state index in [4.69, 9.17) is 4.74 Å². The monoisotopic (exact) mass is 422 g/mol. The Morgan fingerprint density at radius 3 is 2.23 bits per heavy atom. The summed E-state index contributed by atoms with van der Waals surface area (Å²) in [6, 6.07) is 14.6. The van der Waals surface area contributed by atoms with Crippen LogP contribution in [0.1, 0.15) is 42.7 Å². The van der Waals surface area contributed by atoms with Crippen LogP contribution in [0.3, 0.4) is 0 Å². The van der Waals surface area contributed by atoms with E-state index in [1.807, 2.05) is 48.5 Å². The molecule has 3 aliphatic rings. The third-order valence-electron chi connectivity index (χ3n) is 6.12. The van der Waals surface area contributed by atoms with Crippen molar-refractivity contribution < 1.29 is 19.1 Å². The van der Waals surface area contributed by atoms with Gasteiger partial charge in [0, 0.05) is 17.2 Å². The first-order valence-electron chi connectivity index (χ1n) is 10.3. The fraction of sp³-hybridized carbons (Fsp3) is 0.348. The van der Waals surface area contributed by atoms with Crippen molar-refractivity contribution in [3.8, 4) is 11.5 Å². The molecule has 0 aromatic heterocycles. The number of carbonyl (C=O) groups excluding carboxylic acids is 3. The molecule has 6 nitrogen and oxygen atoms in total. The zero-order valence-electron chi connectivity index (χ0n) is 16.4. The van der Waals surface area contributed by atoms with Crippen LogP contribution < -0.4 is 10.1 Å². The van der Waals surface area contributed by atoms with E-state index in [1.165, 1.54) is 4.90 Å². The fourth-order valence-corrected chi connectivity index (χ4v) is 5.49. The van der Waals surface area contributed by atoms with Gasteiger partial charge < -0.3 is 10.1 Å². The number of carbonyl (C=O) groups is 3. The molecule has 0 spiro atoms. The molecule has 1 aliphatic carbocycles. The van der Waals surface area contributed by atoms with E-state index in [9.17, 15) is 14.4 Å². The molecule has 0 unspecified atom stereocenters. The fourth-order valence-electron chi connectivity index (χ4n) is 4.73. The summed E-state index contributed by atoms with van der Waals surface area (Å²) in [5.74, 6) is 0.778. The predicted molar refractivity (Wildman–Crippen MR) is 114 cm³/mol. The maximum atomic E-state index is 13.6. The molecular formula is C23H22N2O4S. The van der Waals surface area contributed by atoms with Gasteiger partial charge >= 0.3 is 0 Å². The molecule has 0 bridgehead atoms. The summed E-state index contributed by atoms with van der Waals surface area (Å²) >= 11 is 1.05. The van der Waals surface area contributed by atoms with Crippen molar-refractivity contribution in [1.82, 2.24) is 10.2 Å². The minimum Gasteiger partial charge on any atom is -0.457 e. The Labute approximate surface area is 179 Å². The number of ether oxygens (including phenoxy) is 1. The van der Waals surface area contributed by atoms with E-state index in [0.717, 1.165) is 48.6 Å². The summed E-state index contributed by atoms with van der Waals surface area (Å²) in [4.78, 5) is 39.5. The van der Waals surface area contributed by atoms with Crippen molar-refractivity contribution in [3.05, 3.63) is 59.7 Å². The van der Waals surface area contributed by atoms with Crippen molar-refractivity contribution in [3.63, 3.8) is 0 Å². The number of hydrogen-bond donors (Lipinski definition) is 1. The first-order chi connectivity index (χ1) is 14.6. The second-order valence-electron chi connectivity index (χ2n) is 7.90. The lowest BCUT2D eigenvalue weighted by molar-refractivity contribution is -0.129. The van der Waals surface area contributed by atoms with Gasteiger partial charge in [0.1, 0.15) is 11.5 Å². The molecule has 1 saturated carbocycles. The smallest absolute Gasteiger partial charge is 0.289 e.